The number of benzene rings is 2. The second kappa shape index (κ2) is 7.61. The molecule has 0 saturated carbocycles. The monoisotopic (exact) mass is 464 g/mol. The van der Waals surface area contributed by atoms with Gasteiger partial charge in [-0.1, -0.05) is 38.1 Å². The number of amides is 1. The van der Waals surface area contributed by atoms with Crippen LogP contribution in [0.15, 0.2) is 51.8 Å². The number of nitrogens with zero attached hydrogens (tertiary/aromatic N) is 1. The fourth-order valence-electron chi connectivity index (χ4n) is 3.64. The van der Waals surface area contributed by atoms with E-state index in [1.54, 1.807) is 12.1 Å². The van der Waals surface area contributed by atoms with E-state index in [9.17, 15) is 13.2 Å². The number of hydrogen-bond acceptors (Lipinski definition) is 3. The van der Waals surface area contributed by atoms with Crippen LogP contribution in [-0.4, -0.2) is 32.7 Å². The highest BCUT2D eigenvalue weighted by molar-refractivity contribution is 9.10. The Balaban J connectivity index is 1.91. The van der Waals surface area contributed by atoms with Gasteiger partial charge in [-0.05, 0) is 63.5 Å². The Hall–Kier alpha value is -1.70. The Kier molecular flexibility index (Phi) is 5.71. The van der Waals surface area contributed by atoms with Gasteiger partial charge in [-0.25, -0.2) is 12.7 Å². The molecule has 0 heterocycles. The molecule has 150 valence electrons. The standard InChI is InChI=1S/C21H25BrN2O3S/c1-21(2)12-11-18(15-7-5-6-8-16(15)21)23-20(25)14-9-10-17(22)19(13-14)28(26,27)24(3)4/h5-10,13,18H,11-12H2,1-4H3,(H,23,25). The molecule has 0 spiro atoms. The molecule has 2 aromatic carbocycles. The highest BCUT2D eigenvalue weighted by Gasteiger charge is 2.33. The number of halogens is 1. The number of carbonyl (C=O) groups excluding carboxylic acids is 1. The predicted molar refractivity (Wildman–Crippen MR) is 114 cm³/mol. The first-order valence-electron chi connectivity index (χ1n) is 9.16. The average molecular weight is 465 g/mol. The Labute approximate surface area is 175 Å². The molecule has 28 heavy (non-hydrogen) atoms. The quantitative estimate of drug-likeness (QED) is 0.735. The lowest BCUT2D eigenvalue weighted by Gasteiger charge is -2.37. The molecule has 0 aliphatic heterocycles. The molecule has 5 nitrogen and oxygen atoms in total. The second-order valence-electron chi connectivity index (χ2n) is 7.97. The molecule has 1 atom stereocenters. The molecule has 1 unspecified atom stereocenters. The van der Waals surface area contributed by atoms with Gasteiger partial charge in [-0.2, -0.15) is 0 Å². The lowest BCUT2D eigenvalue weighted by atomic mass is 9.71. The highest BCUT2D eigenvalue weighted by Crippen LogP contribution is 2.41. The van der Waals surface area contributed by atoms with Crippen LogP contribution in [0.1, 0.15) is 54.2 Å². The first kappa shape index (κ1) is 21.0. The molecule has 1 aliphatic carbocycles. The Morgan fingerprint density at radius 3 is 2.54 bits per heavy atom. The first-order chi connectivity index (χ1) is 13.0. The summed E-state index contributed by atoms with van der Waals surface area (Å²) in [5, 5.41) is 3.09. The van der Waals surface area contributed by atoms with Crippen LogP contribution in [0, 0.1) is 0 Å². The SMILES string of the molecule is CN(C)S(=O)(=O)c1cc(C(=O)NC2CCC(C)(C)c3ccccc32)ccc1Br. The van der Waals surface area contributed by atoms with E-state index in [4.69, 9.17) is 0 Å². The van der Waals surface area contributed by atoms with E-state index in [-0.39, 0.29) is 22.3 Å². The molecular formula is C21H25BrN2O3S. The maximum atomic E-state index is 12.9. The summed E-state index contributed by atoms with van der Waals surface area (Å²) in [6.07, 6.45) is 1.81. The van der Waals surface area contributed by atoms with E-state index in [1.165, 1.54) is 25.7 Å². The van der Waals surface area contributed by atoms with Crippen molar-refractivity contribution < 1.29 is 13.2 Å². The van der Waals surface area contributed by atoms with Gasteiger partial charge in [0.05, 0.1) is 10.9 Å². The summed E-state index contributed by atoms with van der Waals surface area (Å²) in [4.78, 5) is 13.0. The van der Waals surface area contributed by atoms with Crippen molar-refractivity contribution in [2.75, 3.05) is 14.1 Å². The van der Waals surface area contributed by atoms with E-state index >= 15 is 0 Å². The zero-order valence-electron chi connectivity index (χ0n) is 16.5. The van der Waals surface area contributed by atoms with Gasteiger partial charge < -0.3 is 5.32 Å². The zero-order valence-corrected chi connectivity index (χ0v) is 18.9. The van der Waals surface area contributed by atoms with Crippen molar-refractivity contribution in [1.29, 1.82) is 0 Å². The third-order valence-corrected chi connectivity index (χ3v) is 8.19. The van der Waals surface area contributed by atoms with Gasteiger partial charge in [-0.15, -0.1) is 0 Å². The van der Waals surface area contributed by atoms with Crippen LogP contribution >= 0.6 is 15.9 Å². The van der Waals surface area contributed by atoms with E-state index in [0.717, 1.165) is 22.7 Å². The summed E-state index contributed by atoms with van der Waals surface area (Å²) < 4.78 is 26.6. The van der Waals surface area contributed by atoms with Gasteiger partial charge in [0.1, 0.15) is 0 Å². The van der Waals surface area contributed by atoms with Crippen molar-refractivity contribution in [3.63, 3.8) is 0 Å². The van der Waals surface area contributed by atoms with Crippen LogP contribution in [0.2, 0.25) is 0 Å². The van der Waals surface area contributed by atoms with Gasteiger partial charge in [0.25, 0.3) is 5.91 Å². The van der Waals surface area contributed by atoms with Crippen molar-refractivity contribution in [2.45, 2.75) is 43.0 Å². The molecule has 7 heteroatoms. The van der Waals surface area contributed by atoms with Crippen LogP contribution in [0.25, 0.3) is 0 Å². The molecule has 1 amide bonds. The lowest BCUT2D eigenvalue weighted by Crippen LogP contribution is -2.35. The Bertz CT molecular complexity index is 1020. The molecule has 0 fully saturated rings. The Morgan fingerprint density at radius 1 is 1.18 bits per heavy atom. The number of nitrogens with one attached hydrogen (secondary N) is 1. The number of fused-ring (bicyclic) bond motifs is 1. The molecule has 0 saturated heterocycles. The van der Waals surface area contributed by atoms with Crippen molar-refractivity contribution in [1.82, 2.24) is 9.62 Å². The summed E-state index contributed by atoms with van der Waals surface area (Å²) in [5.41, 5.74) is 2.78. The van der Waals surface area contributed by atoms with E-state index in [0.29, 0.717) is 10.0 Å². The summed E-state index contributed by atoms with van der Waals surface area (Å²) in [6, 6.07) is 12.8. The first-order valence-corrected chi connectivity index (χ1v) is 11.4. The normalized spacial score (nSPS) is 18.6. The molecule has 0 bridgehead atoms. The largest absolute Gasteiger partial charge is 0.345 e. The number of carbonyl (C=O) groups is 1. The number of hydrogen-bond donors (Lipinski definition) is 1. The predicted octanol–water partition coefficient (Wildman–Crippen LogP) is 4.24. The maximum Gasteiger partial charge on any atom is 0.251 e. The molecule has 3 rings (SSSR count). The van der Waals surface area contributed by atoms with Crippen LogP contribution in [0.4, 0.5) is 0 Å². The average Bonchev–Trinajstić information content (AvgIpc) is 2.64. The van der Waals surface area contributed by atoms with Crippen molar-refractivity contribution in [3.05, 3.63) is 63.6 Å². The second-order valence-corrected chi connectivity index (χ2v) is 10.9. The van der Waals surface area contributed by atoms with Gasteiger partial charge in [0.15, 0.2) is 0 Å². The molecule has 1 aliphatic rings. The minimum atomic E-state index is -3.65. The number of sulfonamides is 1. The van der Waals surface area contributed by atoms with E-state index in [2.05, 4.69) is 47.2 Å². The molecule has 1 N–H and O–H groups in total. The molecule has 2 aromatic rings. The summed E-state index contributed by atoms with van der Waals surface area (Å²) >= 11 is 3.28. The topological polar surface area (TPSA) is 66.5 Å². The summed E-state index contributed by atoms with van der Waals surface area (Å²) in [5.74, 6) is -0.276. The summed E-state index contributed by atoms with van der Waals surface area (Å²) in [6.45, 7) is 4.44. The van der Waals surface area contributed by atoms with Crippen LogP contribution in [0.3, 0.4) is 0 Å². The van der Waals surface area contributed by atoms with Crippen LogP contribution in [-0.2, 0) is 15.4 Å². The van der Waals surface area contributed by atoms with Crippen LogP contribution < -0.4 is 5.32 Å². The van der Waals surface area contributed by atoms with Gasteiger partial charge >= 0.3 is 0 Å². The minimum absolute atomic E-state index is 0.0718. The summed E-state index contributed by atoms with van der Waals surface area (Å²) in [7, 11) is -0.719. The minimum Gasteiger partial charge on any atom is -0.345 e. The molecule has 0 aromatic heterocycles. The number of rotatable bonds is 4. The van der Waals surface area contributed by atoms with Gasteiger partial charge in [0.2, 0.25) is 10.0 Å². The fraction of sp³-hybridized carbons (Fsp3) is 0.381. The third-order valence-electron chi connectivity index (χ3n) is 5.38. The lowest BCUT2D eigenvalue weighted by molar-refractivity contribution is 0.0929. The highest BCUT2D eigenvalue weighted by atomic mass is 79.9. The fourth-order valence-corrected chi connectivity index (χ4v) is 5.49. The van der Waals surface area contributed by atoms with Crippen molar-refractivity contribution in [2.24, 2.45) is 0 Å². The Morgan fingerprint density at radius 2 is 1.86 bits per heavy atom. The van der Waals surface area contributed by atoms with Crippen molar-refractivity contribution in [3.8, 4) is 0 Å². The van der Waals surface area contributed by atoms with Crippen LogP contribution in [0.5, 0.6) is 0 Å². The molecular weight excluding hydrogens is 440 g/mol. The maximum absolute atomic E-state index is 12.9. The van der Waals surface area contributed by atoms with Gasteiger partial charge in [0, 0.05) is 24.1 Å². The van der Waals surface area contributed by atoms with E-state index in [1.807, 2.05) is 12.1 Å². The smallest absolute Gasteiger partial charge is 0.251 e. The van der Waals surface area contributed by atoms with Gasteiger partial charge in [-0.3, -0.25) is 4.79 Å². The third kappa shape index (κ3) is 3.88. The molecule has 0 radical (unpaired) electrons. The zero-order chi connectivity index (χ0) is 20.7. The van der Waals surface area contributed by atoms with E-state index < -0.39 is 10.0 Å². The van der Waals surface area contributed by atoms with Crippen molar-refractivity contribution >= 4 is 31.9 Å².